The number of benzene rings is 1. The molecule has 3 heterocycles. The summed E-state index contributed by atoms with van der Waals surface area (Å²) in [6, 6.07) is 4.30. The molecule has 2 aliphatic rings. The number of imidazole rings is 1. The Bertz CT molecular complexity index is 942. The molecular weight excluding hydrogens is 398 g/mol. The minimum atomic E-state index is -0.640. The van der Waals surface area contributed by atoms with Crippen molar-refractivity contribution in [1.29, 1.82) is 0 Å². The van der Waals surface area contributed by atoms with Gasteiger partial charge < -0.3 is 30.0 Å². The van der Waals surface area contributed by atoms with Crippen LogP contribution in [0, 0.1) is 0 Å². The van der Waals surface area contributed by atoms with Crippen molar-refractivity contribution >= 4 is 11.8 Å². The minimum absolute atomic E-state index is 0.0869. The van der Waals surface area contributed by atoms with Gasteiger partial charge in [0.25, 0.3) is 5.91 Å². The summed E-state index contributed by atoms with van der Waals surface area (Å²) in [5, 5.41) is 6.43. The van der Waals surface area contributed by atoms with Gasteiger partial charge in [-0.2, -0.15) is 0 Å². The van der Waals surface area contributed by atoms with Crippen LogP contribution in [0.15, 0.2) is 24.5 Å². The minimum Gasteiger partial charge on any atom is -0.497 e. The van der Waals surface area contributed by atoms with E-state index in [0.717, 1.165) is 31.5 Å². The molecule has 1 fully saturated rings. The van der Waals surface area contributed by atoms with Crippen LogP contribution in [0.2, 0.25) is 0 Å². The van der Waals surface area contributed by atoms with E-state index in [-0.39, 0.29) is 17.4 Å². The first-order valence-corrected chi connectivity index (χ1v) is 10.6. The van der Waals surface area contributed by atoms with Gasteiger partial charge in [0.05, 0.1) is 31.8 Å². The van der Waals surface area contributed by atoms with E-state index in [1.165, 1.54) is 19.9 Å². The van der Waals surface area contributed by atoms with Crippen LogP contribution in [-0.4, -0.2) is 66.6 Å². The molecule has 1 unspecified atom stereocenters. The molecule has 1 aromatic heterocycles. The molecule has 1 saturated heterocycles. The van der Waals surface area contributed by atoms with E-state index in [0.29, 0.717) is 30.2 Å². The third-order valence-electron chi connectivity index (χ3n) is 6.27. The van der Waals surface area contributed by atoms with Crippen LogP contribution in [-0.2, 0) is 16.8 Å². The predicted molar refractivity (Wildman–Crippen MR) is 114 cm³/mol. The van der Waals surface area contributed by atoms with E-state index in [2.05, 4.69) is 20.6 Å². The summed E-state index contributed by atoms with van der Waals surface area (Å²) in [4.78, 5) is 35.3. The number of H-pyrrole nitrogens is 1. The van der Waals surface area contributed by atoms with Crippen LogP contribution in [0.1, 0.15) is 41.5 Å². The first-order valence-electron chi connectivity index (χ1n) is 10.6. The lowest BCUT2D eigenvalue weighted by Crippen LogP contribution is -2.57. The van der Waals surface area contributed by atoms with E-state index in [1.807, 2.05) is 4.90 Å². The summed E-state index contributed by atoms with van der Waals surface area (Å²) in [6.07, 6.45) is 4.29. The number of rotatable bonds is 5. The highest BCUT2D eigenvalue weighted by atomic mass is 16.5. The lowest BCUT2D eigenvalue weighted by atomic mass is 9.80. The number of methoxy groups -OCH3 is 2. The molecule has 1 atom stereocenters. The van der Waals surface area contributed by atoms with E-state index >= 15 is 0 Å². The zero-order valence-corrected chi connectivity index (χ0v) is 18.2. The average molecular weight is 428 g/mol. The summed E-state index contributed by atoms with van der Waals surface area (Å²) >= 11 is 0. The third-order valence-corrected chi connectivity index (χ3v) is 6.27. The van der Waals surface area contributed by atoms with Crippen LogP contribution >= 0.6 is 0 Å². The van der Waals surface area contributed by atoms with Gasteiger partial charge in [-0.25, -0.2) is 4.98 Å². The normalized spacial score (nSPS) is 18.2. The molecule has 2 aromatic rings. The Balaban J connectivity index is 1.38. The van der Waals surface area contributed by atoms with Crippen molar-refractivity contribution in [1.82, 2.24) is 25.5 Å². The molecular formula is C22H29N5O4. The Morgan fingerprint density at radius 3 is 2.48 bits per heavy atom. The lowest BCUT2D eigenvalue weighted by Gasteiger charge is -2.44. The van der Waals surface area contributed by atoms with Crippen molar-refractivity contribution in [2.75, 3.05) is 33.9 Å². The number of aromatic amines is 1. The highest BCUT2D eigenvalue weighted by Gasteiger charge is 2.42. The molecule has 2 amide bonds. The fourth-order valence-electron chi connectivity index (χ4n) is 4.51. The summed E-state index contributed by atoms with van der Waals surface area (Å²) in [6.45, 7) is 3.85. The van der Waals surface area contributed by atoms with Crippen LogP contribution in [0.3, 0.4) is 0 Å². The molecule has 9 heteroatoms. The van der Waals surface area contributed by atoms with Gasteiger partial charge in [-0.3, -0.25) is 9.59 Å². The Labute approximate surface area is 181 Å². The summed E-state index contributed by atoms with van der Waals surface area (Å²) in [7, 11) is 3.05. The molecule has 1 aromatic carbocycles. The molecule has 31 heavy (non-hydrogen) atoms. The standard InChI is InChI=1S/C22H29N5O4/c1-14(26-20(28)15-10-16(30-2)12-17(11-15)31-3)21(29)27-8-5-22(6-9-27)19-18(4-7-25-22)23-13-24-19/h10-14,25H,4-9H2,1-3H3,(H,23,24)(H,26,28). The van der Waals surface area contributed by atoms with Crippen LogP contribution in [0.25, 0.3) is 0 Å². The number of aromatic nitrogens is 2. The Kier molecular flexibility index (Phi) is 5.86. The number of nitrogens with zero attached hydrogens (tertiary/aromatic N) is 2. The maximum absolute atomic E-state index is 13.0. The predicted octanol–water partition coefficient (Wildman–Crippen LogP) is 1.21. The van der Waals surface area contributed by atoms with Crippen LogP contribution in [0.5, 0.6) is 11.5 Å². The number of amides is 2. The van der Waals surface area contributed by atoms with E-state index in [4.69, 9.17) is 9.47 Å². The maximum Gasteiger partial charge on any atom is 0.252 e. The van der Waals surface area contributed by atoms with Gasteiger partial charge in [-0.05, 0) is 31.9 Å². The second-order valence-electron chi connectivity index (χ2n) is 8.11. The highest BCUT2D eigenvalue weighted by Crippen LogP contribution is 2.36. The molecule has 1 spiro atoms. The first kappa shape index (κ1) is 21.2. The van der Waals surface area contributed by atoms with Gasteiger partial charge in [-0.15, -0.1) is 0 Å². The summed E-state index contributed by atoms with van der Waals surface area (Å²) in [5.74, 6) is 0.600. The molecule has 0 bridgehead atoms. The molecule has 9 nitrogen and oxygen atoms in total. The molecule has 2 aliphatic heterocycles. The zero-order chi connectivity index (χ0) is 22.0. The number of hydrogen-bond donors (Lipinski definition) is 3. The molecule has 0 saturated carbocycles. The van der Waals surface area contributed by atoms with Gasteiger partial charge in [0.2, 0.25) is 5.91 Å². The zero-order valence-electron chi connectivity index (χ0n) is 18.2. The van der Waals surface area contributed by atoms with E-state index < -0.39 is 6.04 Å². The highest BCUT2D eigenvalue weighted by molar-refractivity contribution is 5.98. The maximum atomic E-state index is 13.0. The number of fused-ring (bicyclic) bond motifs is 2. The number of carbonyl (C=O) groups is 2. The second kappa shape index (κ2) is 8.58. The third kappa shape index (κ3) is 4.10. The number of nitrogens with one attached hydrogen (secondary N) is 3. The van der Waals surface area contributed by atoms with Crippen molar-refractivity contribution in [3.63, 3.8) is 0 Å². The topological polar surface area (TPSA) is 109 Å². The van der Waals surface area contributed by atoms with Gasteiger partial charge in [-0.1, -0.05) is 0 Å². The fraction of sp³-hybridized carbons (Fsp3) is 0.500. The summed E-state index contributed by atoms with van der Waals surface area (Å²) < 4.78 is 10.4. The molecule has 3 N–H and O–H groups in total. The van der Waals surface area contributed by atoms with Crippen molar-refractivity contribution in [3.05, 3.63) is 41.5 Å². The lowest BCUT2D eigenvalue weighted by molar-refractivity contribution is -0.134. The largest absolute Gasteiger partial charge is 0.497 e. The molecule has 4 rings (SSSR count). The molecule has 166 valence electrons. The van der Waals surface area contributed by atoms with Crippen molar-refractivity contribution in [2.24, 2.45) is 0 Å². The van der Waals surface area contributed by atoms with Crippen LogP contribution in [0.4, 0.5) is 0 Å². The number of hydrogen-bond acceptors (Lipinski definition) is 6. The van der Waals surface area contributed by atoms with Gasteiger partial charge >= 0.3 is 0 Å². The number of carbonyl (C=O) groups excluding carboxylic acids is 2. The van der Waals surface area contributed by atoms with Gasteiger partial charge in [0.15, 0.2) is 0 Å². The smallest absolute Gasteiger partial charge is 0.252 e. The fourth-order valence-corrected chi connectivity index (χ4v) is 4.51. The van der Waals surface area contributed by atoms with Gasteiger partial charge in [0.1, 0.15) is 17.5 Å². The van der Waals surface area contributed by atoms with Crippen molar-refractivity contribution in [3.8, 4) is 11.5 Å². The van der Waals surface area contributed by atoms with Crippen molar-refractivity contribution in [2.45, 2.75) is 37.8 Å². The molecule has 0 radical (unpaired) electrons. The molecule has 0 aliphatic carbocycles. The average Bonchev–Trinajstić information content (AvgIpc) is 3.29. The second-order valence-corrected chi connectivity index (χ2v) is 8.11. The monoisotopic (exact) mass is 427 g/mol. The Hall–Kier alpha value is -3.07. The van der Waals surface area contributed by atoms with Crippen molar-refractivity contribution < 1.29 is 19.1 Å². The number of likely N-dealkylation sites (tertiary alicyclic amines) is 1. The Morgan fingerprint density at radius 1 is 1.16 bits per heavy atom. The van der Waals surface area contributed by atoms with E-state index in [9.17, 15) is 9.59 Å². The number of ether oxygens (including phenoxy) is 2. The van der Waals surface area contributed by atoms with Crippen LogP contribution < -0.4 is 20.1 Å². The van der Waals surface area contributed by atoms with E-state index in [1.54, 1.807) is 31.5 Å². The van der Waals surface area contributed by atoms with Gasteiger partial charge in [0, 0.05) is 43.4 Å². The summed E-state index contributed by atoms with van der Waals surface area (Å²) in [5.41, 5.74) is 2.48. The first-order chi connectivity index (χ1) is 15.0. The SMILES string of the molecule is COc1cc(OC)cc(C(=O)NC(C)C(=O)N2CCC3(CC2)NCCc2[nH]cnc23)c1. The Morgan fingerprint density at radius 2 is 1.84 bits per heavy atom. The number of piperidine rings is 1. The quantitative estimate of drug-likeness (QED) is 0.662.